The SMILES string of the molecule is CCCNC(=O)c1cc(-c2nc(COC)[nH]c2C)c(C)cc1C. The zero-order valence-electron chi connectivity index (χ0n) is 14.5. The standard InChI is InChI=1S/C18H25N3O2/c1-6-7-19-18(22)15-9-14(11(2)8-12(15)3)17-13(4)20-16(21-17)10-23-5/h8-9H,6-7,10H2,1-5H3,(H,19,22)(H,20,21). The Hall–Kier alpha value is -2.14. The van der Waals surface area contributed by atoms with Crippen LogP contribution >= 0.6 is 0 Å². The van der Waals surface area contributed by atoms with Crippen LogP contribution in [0.5, 0.6) is 0 Å². The Balaban J connectivity index is 2.44. The third-order valence-corrected chi connectivity index (χ3v) is 3.82. The fourth-order valence-electron chi connectivity index (χ4n) is 2.68. The minimum Gasteiger partial charge on any atom is -0.377 e. The lowest BCUT2D eigenvalue weighted by molar-refractivity contribution is 0.0953. The van der Waals surface area contributed by atoms with E-state index >= 15 is 0 Å². The number of H-pyrrole nitrogens is 1. The van der Waals surface area contributed by atoms with Crippen LogP contribution < -0.4 is 5.32 Å². The molecule has 0 spiro atoms. The monoisotopic (exact) mass is 315 g/mol. The van der Waals surface area contributed by atoms with E-state index in [4.69, 9.17) is 4.74 Å². The van der Waals surface area contributed by atoms with Gasteiger partial charge in [-0.3, -0.25) is 4.79 Å². The van der Waals surface area contributed by atoms with Gasteiger partial charge in [-0.2, -0.15) is 0 Å². The van der Waals surface area contributed by atoms with Crippen LogP contribution in [0.15, 0.2) is 12.1 Å². The number of nitrogens with zero attached hydrogens (tertiary/aromatic N) is 1. The number of aromatic amines is 1. The van der Waals surface area contributed by atoms with Crippen LogP contribution in [0.25, 0.3) is 11.3 Å². The second kappa shape index (κ2) is 7.42. The van der Waals surface area contributed by atoms with Crippen molar-refractivity contribution in [2.24, 2.45) is 0 Å². The number of ether oxygens (including phenoxy) is 1. The molecule has 0 aliphatic heterocycles. The summed E-state index contributed by atoms with van der Waals surface area (Å²) in [6.07, 6.45) is 0.919. The molecule has 1 aromatic carbocycles. The molecular weight excluding hydrogens is 290 g/mol. The van der Waals surface area contributed by atoms with Crippen molar-refractivity contribution >= 4 is 5.91 Å². The quantitative estimate of drug-likeness (QED) is 0.859. The molecule has 5 nitrogen and oxygen atoms in total. The Kier molecular flexibility index (Phi) is 5.55. The minimum absolute atomic E-state index is 0.0316. The molecule has 1 aromatic heterocycles. The van der Waals surface area contributed by atoms with E-state index in [1.807, 2.05) is 39.8 Å². The number of nitrogens with one attached hydrogen (secondary N) is 2. The molecule has 0 aliphatic rings. The van der Waals surface area contributed by atoms with Crippen LogP contribution in [0.2, 0.25) is 0 Å². The highest BCUT2D eigenvalue weighted by molar-refractivity contribution is 5.97. The van der Waals surface area contributed by atoms with Gasteiger partial charge in [0.1, 0.15) is 12.4 Å². The van der Waals surface area contributed by atoms with Crippen molar-refractivity contribution in [3.63, 3.8) is 0 Å². The average molecular weight is 315 g/mol. The normalized spacial score (nSPS) is 10.8. The number of aromatic nitrogens is 2. The summed E-state index contributed by atoms with van der Waals surface area (Å²) in [7, 11) is 1.64. The molecule has 0 aliphatic carbocycles. The van der Waals surface area contributed by atoms with E-state index in [-0.39, 0.29) is 5.91 Å². The lowest BCUT2D eigenvalue weighted by Gasteiger charge is -2.12. The molecule has 2 aromatic rings. The molecule has 2 rings (SSSR count). The Labute approximate surface area is 137 Å². The Morgan fingerprint density at radius 2 is 2.00 bits per heavy atom. The molecule has 2 N–H and O–H groups in total. The summed E-state index contributed by atoms with van der Waals surface area (Å²) < 4.78 is 5.13. The van der Waals surface area contributed by atoms with Crippen LogP contribution in [0, 0.1) is 20.8 Å². The topological polar surface area (TPSA) is 67.0 Å². The van der Waals surface area contributed by atoms with Gasteiger partial charge in [-0.05, 0) is 44.4 Å². The van der Waals surface area contributed by atoms with Crippen LogP contribution in [-0.2, 0) is 11.3 Å². The van der Waals surface area contributed by atoms with E-state index < -0.39 is 0 Å². The van der Waals surface area contributed by atoms with Gasteiger partial charge in [0.25, 0.3) is 5.91 Å². The average Bonchev–Trinajstić information content (AvgIpc) is 2.86. The highest BCUT2D eigenvalue weighted by atomic mass is 16.5. The predicted octanol–water partition coefficient (Wildman–Crippen LogP) is 3.29. The van der Waals surface area contributed by atoms with Crippen LogP contribution in [0.1, 0.15) is 46.3 Å². The number of hydrogen-bond acceptors (Lipinski definition) is 3. The minimum atomic E-state index is -0.0316. The van der Waals surface area contributed by atoms with Gasteiger partial charge in [0.2, 0.25) is 0 Å². The van der Waals surface area contributed by atoms with Gasteiger partial charge in [-0.15, -0.1) is 0 Å². The van der Waals surface area contributed by atoms with Crippen LogP contribution in [0.3, 0.4) is 0 Å². The molecular formula is C18H25N3O2. The molecule has 0 bridgehead atoms. The van der Waals surface area contributed by atoms with E-state index in [1.54, 1.807) is 7.11 Å². The summed E-state index contributed by atoms with van der Waals surface area (Å²) in [6.45, 7) is 9.15. The van der Waals surface area contributed by atoms with Crippen molar-refractivity contribution in [1.29, 1.82) is 0 Å². The number of benzene rings is 1. The van der Waals surface area contributed by atoms with Gasteiger partial charge < -0.3 is 15.0 Å². The van der Waals surface area contributed by atoms with Gasteiger partial charge >= 0.3 is 0 Å². The predicted molar refractivity (Wildman–Crippen MR) is 91.6 cm³/mol. The number of methoxy groups -OCH3 is 1. The van der Waals surface area contributed by atoms with E-state index in [0.717, 1.165) is 40.3 Å². The number of amides is 1. The maximum atomic E-state index is 12.4. The van der Waals surface area contributed by atoms with Crippen LogP contribution in [0.4, 0.5) is 0 Å². The maximum absolute atomic E-state index is 12.4. The van der Waals surface area contributed by atoms with Crippen molar-refractivity contribution in [2.45, 2.75) is 40.7 Å². The molecule has 0 fully saturated rings. The number of carbonyl (C=O) groups excluding carboxylic acids is 1. The lowest BCUT2D eigenvalue weighted by Crippen LogP contribution is -2.24. The Morgan fingerprint density at radius 3 is 2.65 bits per heavy atom. The smallest absolute Gasteiger partial charge is 0.251 e. The van der Waals surface area contributed by atoms with E-state index in [9.17, 15) is 4.79 Å². The summed E-state index contributed by atoms with van der Waals surface area (Å²) in [6, 6.07) is 3.98. The second-order valence-electron chi connectivity index (χ2n) is 5.83. The number of aryl methyl sites for hydroxylation is 3. The Morgan fingerprint density at radius 1 is 1.26 bits per heavy atom. The molecule has 0 saturated carbocycles. The maximum Gasteiger partial charge on any atom is 0.251 e. The molecule has 0 unspecified atom stereocenters. The van der Waals surface area contributed by atoms with Gasteiger partial charge in [-0.1, -0.05) is 13.0 Å². The first-order chi connectivity index (χ1) is 11.0. The van der Waals surface area contributed by atoms with Gasteiger partial charge in [0.15, 0.2) is 0 Å². The molecule has 1 heterocycles. The Bertz CT molecular complexity index is 705. The molecule has 124 valence electrons. The van der Waals surface area contributed by atoms with Gasteiger partial charge in [0, 0.05) is 30.5 Å². The first kappa shape index (κ1) is 17.2. The van der Waals surface area contributed by atoms with Crippen molar-refractivity contribution in [1.82, 2.24) is 15.3 Å². The first-order valence-corrected chi connectivity index (χ1v) is 7.92. The van der Waals surface area contributed by atoms with E-state index in [2.05, 4.69) is 15.3 Å². The molecule has 1 amide bonds. The summed E-state index contributed by atoms with van der Waals surface area (Å²) in [4.78, 5) is 20.2. The molecule has 0 atom stereocenters. The first-order valence-electron chi connectivity index (χ1n) is 7.92. The van der Waals surface area contributed by atoms with Crippen molar-refractivity contribution in [3.8, 4) is 11.3 Å². The fraction of sp³-hybridized carbons (Fsp3) is 0.444. The number of hydrogen-bond donors (Lipinski definition) is 2. The third-order valence-electron chi connectivity index (χ3n) is 3.82. The van der Waals surface area contributed by atoms with Crippen molar-refractivity contribution < 1.29 is 9.53 Å². The summed E-state index contributed by atoms with van der Waals surface area (Å²) in [5.41, 5.74) is 5.62. The van der Waals surface area contributed by atoms with E-state index in [1.165, 1.54) is 0 Å². The van der Waals surface area contributed by atoms with Crippen LogP contribution in [-0.4, -0.2) is 29.5 Å². The van der Waals surface area contributed by atoms with Gasteiger partial charge in [-0.25, -0.2) is 4.98 Å². The highest BCUT2D eigenvalue weighted by Gasteiger charge is 2.16. The molecule has 0 radical (unpaired) electrons. The molecule has 5 heteroatoms. The molecule has 0 saturated heterocycles. The fourth-order valence-corrected chi connectivity index (χ4v) is 2.68. The lowest BCUT2D eigenvalue weighted by atomic mass is 9.97. The van der Waals surface area contributed by atoms with Gasteiger partial charge in [0.05, 0.1) is 5.69 Å². The summed E-state index contributed by atoms with van der Waals surface area (Å²) >= 11 is 0. The number of imidazole rings is 1. The van der Waals surface area contributed by atoms with Crippen molar-refractivity contribution in [3.05, 3.63) is 40.3 Å². The highest BCUT2D eigenvalue weighted by Crippen LogP contribution is 2.28. The number of rotatable bonds is 6. The second-order valence-corrected chi connectivity index (χ2v) is 5.83. The van der Waals surface area contributed by atoms with E-state index in [0.29, 0.717) is 18.7 Å². The third kappa shape index (κ3) is 3.79. The zero-order valence-corrected chi connectivity index (χ0v) is 14.5. The van der Waals surface area contributed by atoms with Crippen molar-refractivity contribution in [2.75, 3.05) is 13.7 Å². The summed E-state index contributed by atoms with van der Waals surface area (Å²) in [5, 5.41) is 2.94. The number of carbonyl (C=O) groups is 1. The largest absolute Gasteiger partial charge is 0.377 e. The molecule has 23 heavy (non-hydrogen) atoms. The zero-order chi connectivity index (χ0) is 17.0. The summed E-state index contributed by atoms with van der Waals surface area (Å²) in [5.74, 6) is 0.757.